The lowest BCUT2D eigenvalue weighted by Gasteiger charge is -2.17. The van der Waals surface area contributed by atoms with E-state index < -0.39 is 39.9 Å². The fourth-order valence-electron chi connectivity index (χ4n) is 1.71. The van der Waals surface area contributed by atoms with E-state index in [1.165, 1.54) is 21.0 Å². The molecule has 1 rings (SSSR count). The Morgan fingerprint density at radius 2 is 1.80 bits per heavy atom. The third-order valence-electron chi connectivity index (χ3n) is 3.08. The van der Waals surface area contributed by atoms with Gasteiger partial charge in [0.25, 0.3) is 5.91 Å². The Labute approximate surface area is 145 Å². The van der Waals surface area contributed by atoms with E-state index in [1.54, 1.807) is 0 Å². The number of hydrogen-bond acceptors (Lipinski definition) is 6. The van der Waals surface area contributed by atoms with Crippen LogP contribution in [0.1, 0.15) is 13.8 Å². The van der Waals surface area contributed by atoms with E-state index in [-0.39, 0.29) is 11.4 Å². The number of methoxy groups -OCH3 is 1. The maximum atomic E-state index is 12.9. The summed E-state index contributed by atoms with van der Waals surface area (Å²) in [5, 5.41) is 2.49. The van der Waals surface area contributed by atoms with E-state index in [0.29, 0.717) is 6.61 Å². The van der Waals surface area contributed by atoms with E-state index in [0.717, 1.165) is 24.3 Å². The zero-order chi connectivity index (χ0) is 19.0. The molecule has 0 saturated heterocycles. The van der Waals surface area contributed by atoms with Crippen LogP contribution in [0.5, 0.6) is 0 Å². The first-order valence-electron chi connectivity index (χ1n) is 7.42. The predicted octanol–water partition coefficient (Wildman–Crippen LogP) is 0.187. The number of hydrogen-bond donors (Lipinski definition) is 2. The Morgan fingerprint density at radius 1 is 1.20 bits per heavy atom. The van der Waals surface area contributed by atoms with Gasteiger partial charge < -0.3 is 14.8 Å². The van der Waals surface area contributed by atoms with Crippen LogP contribution in [-0.2, 0) is 29.1 Å². The quantitative estimate of drug-likeness (QED) is 0.470. The summed E-state index contributed by atoms with van der Waals surface area (Å²) in [5.41, 5.74) is 0. The summed E-state index contributed by atoms with van der Waals surface area (Å²) in [6.45, 7) is 3.20. The van der Waals surface area contributed by atoms with Crippen LogP contribution >= 0.6 is 0 Å². The summed E-state index contributed by atoms with van der Waals surface area (Å²) in [6, 6.07) is 2.89. The molecule has 1 amide bonds. The van der Waals surface area contributed by atoms with Crippen LogP contribution in [0.3, 0.4) is 0 Å². The van der Waals surface area contributed by atoms with Gasteiger partial charge in [-0.15, -0.1) is 0 Å². The lowest BCUT2D eigenvalue weighted by atomic mass is 10.3. The Kier molecular flexibility index (Phi) is 7.94. The van der Waals surface area contributed by atoms with Gasteiger partial charge in [-0.25, -0.2) is 12.8 Å². The average Bonchev–Trinajstić information content (AvgIpc) is 2.54. The van der Waals surface area contributed by atoms with E-state index in [9.17, 15) is 22.4 Å². The number of rotatable bonds is 9. The molecule has 0 unspecified atom stereocenters. The molecular weight excluding hydrogens is 355 g/mol. The second-order valence-electron chi connectivity index (χ2n) is 5.16. The minimum absolute atomic E-state index is 0.195. The molecule has 0 aliphatic heterocycles. The van der Waals surface area contributed by atoms with Gasteiger partial charge in [0.1, 0.15) is 11.9 Å². The molecule has 140 valence electrons. The fourth-order valence-corrected chi connectivity index (χ4v) is 2.90. The zero-order valence-electron chi connectivity index (χ0n) is 14.1. The normalized spacial score (nSPS) is 13.8. The van der Waals surface area contributed by atoms with Crippen molar-refractivity contribution in [1.82, 2.24) is 10.0 Å². The average molecular weight is 376 g/mol. The van der Waals surface area contributed by atoms with E-state index in [1.807, 2.05) is 0 Å². The molecule has 1 aromatic rings. The van der Waals surface area contributed by atoms with Gasteiger partial charge in [0.15, 0.2) is 6.10 Å². The largest absolute Gasteiger partial charge is 0.451 e. The highest BCUT2D eigenvalue weighted by Crippen LogP contribution is 2.10. The van der Waals surface area contributed by atoms with Gasteiger partial charge in [0.05, 0.1) is 11.5 Å². The van der Waals surface area contributed by atoms with Gasteiger partial charge in [-0.3, -0.25) is 9.59 Å². The van der Waals surface area contributed by atoms with E-state index in [4.69, 9.17) is 9.47 Å². The molecule has 0 aromatic heterocycles. The van der Waals surface area contributed by atoms with Crippen LogP contribution in [0.15, 0.2) is 29.2 Å². The first-order chi connectivity index (χ1) is 11.7. The van der Waals surface area contributed by atoms with Gasteiger partial charge in [-0.2, -0.15) is 4.72 Å². The number of nitrogens with one attached hydrogen (secondary N) is 2. The molecule has 2 atom stereocenters. The number of carbonyl (C=O) groups excluding carboxylic acids is 2. The smallest absolute Gasteiger partial charge is 0.324 e. The van der Waals surface area contributed by atoms with Crippen LogP contribution < -0.4 is 10.0 Å². The van der Waals surface area contributed by atoms with Crippen molar-refractivity contribution in [2.75, 3.05) is 20.3 Å². The highest BCUT2D eigenvalue weighted by molar-refractivity contribution is 7.89. The summed E-state index contributed by atoms with van der Waals surface area (Å²) in [6.07, 6.45) is -1.10. The van der Waals surface area contributed by atoms with Gasteiger partial charge in [0.2, 0.25) is 10.0 Å². The van der Waals surface area contributed by atoms with E-state index in [2.05, 4.69) is 10.0 Å². The predicted molar refractivity (Wildman–Crippen MR) is 86.6 cm³/mol. The second-order valence-corrected chi connectivity index (χ2v) is 6.87. The Balaban J connectivity index is 2.61. The minimum Gasteiger partial charge on any atom is -0.451 e. The standard InChI is InChI=1S/C15H21FN2O6S/c1-10(15(20)24-11(2)14(19)17-8-9-23-3)18-25(21,22)13-6-4-12(16)5-7-13/h4-7,10-11,18H,8-9H2,1-3H3,(H,17,19)/t10-,11-/m0/s1. The molecule has 0 aliphatic carbocycles. The summed E-state index contributed by atoms with van der Waals surface area (Å²) in [5.74, 6) is -2.03. The Bertz CT molecular complexity index is 692. The van der Waals surface area contributed by atoms with Crippen LogP contribution in [0, 0.1) is 5.82 Å². The Morgan fingerprint density at radius 3 is 2.36 bits per heavy atom. The molecule has 8 nitrogen and oxygen atoms in total. The van der Waals surface area contributed by atoms with Crippen molar-refractivity contribution in [3.05, 3.63) is 30.1 Å². The maximum absolute atomic E-state index is 12.9. The van der Waals surface area contributed by atoms with E-state index >= 15 is 0 Å². The van der Waals surface area contributed by atoms with Crippen molar-refractivity contribution in [2.45, 2.75) is 30.9 Å². The van der Waals surface area contributed by atoms with Gasteiger partial charge >= 0.3 is 5.97 Å². The summed E-state index contributed by atoms with van der Waals surface area (Å²) in [7, 11) is -2.55. The fraction of sp³-hybridized carbons (Fsp3) is 0.467. The molecule has 0 aliphatic rings. The summed E-state index contributed by atoms with van der Waals surface area (Å²) in [4.78, 5) is 23.4. The highest BCUT2D eigenvalue weighted by Gasteiger charge is 2.26. The second kappa shape index (κ2) is 9.44. The lowest BCUT2D eigenvalue weighted by molar-refractivity contribution is -0.156. The SMILES string of the molecule is COCCNC(=O)[C@H](C)OC(=O)[C@H](C)NS(=O)(=O)c1ccc(F)cc1. The van der Waals surface area contributed by atoms with Crippen molar-refractivity contribution in [2.24, 2.45) is 0 Å². The van der Waals surface area contributed by atoms with Gasteiger partial charge in [-0.05, 0) is 38.1 Å². The van der Waals surface area contributed by atoms with Crippen LogP contribution in [0.4, 0.5) is 4.39 Å². The molecular formula is C15H21FN2O6S. The van der Waals surface area contributed by atoms with Crippen molar-refractivity contribution in [3.8, 4) is 0 Å². The third kappa shape index (κ3) is 6.77. The molecule has 0 bridgehead atoms. The van der Waals surface area contributed by atoms with Crippen molar-refractivity contribution in [3.63, 3.8) is 0 Å². The summed E-state index contributed by atoms with van der Waals surface area (Å²) >= 11 is 0. The molecule has 25 heavy (non-hydrogen) atoms. The molecule has 0 fully saturated rings. The number of ether oxygens (including phenoxy) is 2. The van der Waals surface area contributed by atoms with Gasteiger partial charge in [-0.1, -0.05) is 0 Å². The first-order valence-corrected chi connectivity index (χ1v) is 8.90. The highest BCUT2D eigenvalue weighted by atomic mass is 32.2. The zero-order valence-corrected chi connectivity index (χ0v) is 14.9. The molecule has 1 aromatic carbocycles. The molecule has 0 spiro atoms. The number of esters is 1. The molecule has 0 radical (unpaired) electrons. The number of amides is 1. The number of benzene rings is 1. The summed E-state index contributed by atoms with van der Waals surface area (Å²) < 4.78 is 48.9. The van der Waals surface area contributed by atoms with Crippen LogP contribution in [0.2, 0.25) is 0 Å². The van der Waals surface area contributed by atoms with Gasteiger partial charge in [0, 0.05) is 13.7 Å². The number of sulfonamides is 1. The monoisotopic (exact) mass is 376 g/mol. The van der Waals surface area contributed by atoms with Crippen LogP contribution in [-0.4, -0.2) is 52.7 Å². The first kappa shape index (κ1) is 21.0. The Hall–Kier alpha value is -2.04. The third-order valence-corrected chi connectivity index (χ3v) is 4.63. The number of halogens is 1. The molecule has 10 heteroatoms. The van der Waals surface area contributed by atoms with Crippen LogP contribution in [0.25, 0.3) is 0 Å². The maximum Gasteiger partial charge on any atom is 0.324 e. The molecule has 0 saturated carbocycles. The molecule has 2 N–H and O–H groups in total. The topological polar surface area (TPSA) is 111 Å². The lowest BCUT2D eigenvalue weighted by Crippen LogP contribution is -2.43. The van der Waals surface area contributed by atoms with Crippen molar-refractivity contribution < 1.29 is 31.9 Å². The number of carbonyl (C=O) groups is 2. The van der Waals surface area contributed by atoms with Crippen molar-refractivity contribution >= 4 is 21.9 Å². The molecule has 0 heterocycles. The van der Waals surface area contributed by atoms with Crippen molar-refractivity contribution in [1.29, 1.82) is 0 Å². The minimum atomic E-state index is -4.03.